The molecule has 6 rings (SSSR count). The van der Waals surface area contributed by atoms with Crippen molar-refractivity contribution in [1.29, 1.82) is 0 Å². The average molecular weight is 434 g/mol. The number of amides is 1. The zero-order valence-electron chi connectivity index (χ0n) is 17.9. The van der Waals surface area contributed by atoms with Gasteiger partial charge in [-0.05, 0) is 78.8 Å². The van der Waals surface area contributed by atoms with E-state index >= 15 is 0 Å². The topological polar surface area (TPSA) is 60.9 Å². The molecular formula is C26H25F2N3O. The van der Waals surface area contributed by atoms with Crippen LogP contribution in [-0.2, 0) is 12.8 Å². The maximum atomic E-state index is 13.5. The number of rotatable bonds is 3. The van der Waals surface area contributed by atoms with Crippen LogP contribution in [0.1, 0.15) is 53.4 Å². The molecule has 3 aliphatic carbocycles. The molecule has 2 saturated carbocycles. The first-order chi connectivity index (χ1) is 15.4. The predicted octanol–water partition coefficient (Wildman–Crippen LogP) is 5.24. The van der Waals surface area contributed by atoms with Gasteiger partial charge in [-0.1, -0.05) is 30.7 Å². The number of aryl methyl sites for hydroxylation is 1. The number of carbonyl (C=O) groups is 1. The van der Waals surface area contributed by atoms with Crippen LogP contribution in [0.15, 0.2) is 54.2 Å². The molecule has 0 radical (unpaired) electrons. The molecule has 0 saturated heterocycles. The van der Waals surface area contributed by atoms with Crippen molar-refractivity contribution in [1.82, 2.24) is 9.78 Å². The van der Waals surface area contributed by atoms with Crippen molar-refractivity contribution in [2.75, 3.05) is 0 Å². The molecule has 6 heteroatoms. The van der Waals surface area contributed by atoms with E-state index in [0.717, 1.165) is 36.1 Å². The first kappa shape index (κ1) is 20.6. The molecule has 3 aliphatic rings. The largest absolute Gasteiger partial charge is 0.366 e. The van der Waals surface area contributed by atoms with Gasteiger partial charge in [0.25, 0.3) is 0 Å². The summed E-state index contributed by atoms with van der Waals surface area (Å²) < 4.78 is 28.3. The number of hydrogen-bond donors (Lipinski definition) is 1. The molecule has 1 aromatic heterocycles. The van der Waals surface area contributed by atoms with Crippen LogP contribution in [0.25, 0.3) is 11.8 Å². The van der Waals surface area contributed by atoms with Crippen molar-refractivity contribution in [3.63, 3.8) is 0 Å². The molecule has 4 nitrogen and oxygen atoms in total. The summed E-state index contributed by atoms with van der Waals surface area (Å²) in [7, 11) is 0. The van der Waals surface area contributed by atoms with Gasteiger partial charge in [0.15, 0.2) is 11.6 Å². The molecule has 164 valence electrons. The molecule has 2 fully saturated rings. The number of halogens is 2. The van der Waals surface area contributed by atoms with Crippen LogP contribution in [-0.4, -0.2) is 15.7 Å². The van der Waals surface area contributed by atoms with Crippen LogP contribution in [0.5, 0.6) is 0 Å². The van der Waals surface area contributed by atoms with E-state index < -0.39 is 11.6 Å². The molecular weight excluding hydrogens is 408 g/mol. The van der Waals surface area contributed by atoms with E-state index in [1.807, 2.05) is 31.3 Å². The fraction of sp³-hybridized carbons (Fsp3) is 0.308. The van der Waals surface area contributed by atoms with Crippen molar-refractivity contribution in [2.45, 2.75) is 39.0 Å². The van der Waals surface area contributed by atoms with Crippen LogP contribution >= 0.6 is 0 Å². The van der Waals surface area contributed by atoms with Gasteiger partial charge in [-0.2, -0.15) is 5.10 Å². The van der Waals surface area contributed by atoms with E-state index in [4.69, 9.17) is 5.73 Å². The number of fused-ring (bicyclic) bond motifs is 1. The summed E-state index contributed by atoms with van der Waals surface area (Å²) in [5, 5.41) is 4.40. The van der Waals surface area contributed by atoms with Gasteiger partial charge >= 0.3 is 0 Å². The van der Waals surface area contributed by atoms with E-state index in [-0.39, 0.29) is 5.91 Å². The molecule has 2 unspecified atom stereocenters. The van der Waals surface area contributed by atoms with E-state index in [9.17, 15) is 13.6 Å². The lowest BCUT2D eigenvalue weighted by atomic mass is 9.84. The lowest BCUT2D eigenvalue weighted by Gasteiger charge is -2.21. The molecule has 3 aromatic rings. The van der Waals surface area contributed by atoms with Crippen molar-refractivity contribution in [2.24, 2.45) is 17.1 Å². The van der Waals surface area contributed by atoms with Crippen molar-refractivity contribution in [3.05, 3.63) is 88.3 Å². The Morgan fingerprint density at radius 3 is 2.72 bits per heavy atom. The monoisotopic (exact) mass is 433 g/mol. The normalized spacial score (nSPS) is 22.1. The van der Waals surface area contributed by atoms with Crippen LogP contribution in [0.2, 0.25) is 0 Å². The van der Waals surface area contributed by atoms with Crippen LogP contribution in [0, 0.1) is 23.0 Å². The Bertz CT molecular complexity index is 1250. The second-order valence-electron chi connectivity index (χ2n) is 8.88. The van der Waals surface area contributed by atoms with E-state index in [1.165, 1.54) is 36.5 Å². The number of allylic oxidation sites excluding steroid dienone is 1. The van der Waals surface area contributed by atoms with Crippen LogP contribution in [0.3, 0.4) is 0 Å². The third-order valence-corrected chi connectivity index (χ3v) is 7.15. The number of nitrogens with zero attached hydrogens (tertiary/aromatic N) is 2. The highest BCUT2D eigenvalue weighted by atomic mass is 19.2. The van der Waals surface area contributed by atoms with Gasteiger partial charge in [0.1, 0.15) is 0 Å². The Hall–Kier alpha value is -3.28. The number of carbonyl (C=O) groups excluding carboxylic acids is 1. The Morgan fingerprint density at radius 2 is 2.03 bits per heavy atom. The Morgan fingerprint density at radius 1 is 1.22 bits per heavy atom. The highest BCUT2D eigenvalue weighted by Gasteiger charge is 2.60. The van der Waals surface area contributed by atoms with Crippen molar-refractivity contribution >= 4 is 12.0 Å². The summed E-state index contributed by atoms with van der Waals surface area (Å²) in [6.45, 7) is 2.00. The second kappa shape index (κ2) is 7.69. The molecule has 2 N–H and O–H groups in total. The van der Waals surface area contributed by atoms with E-state index in [0.29, 0.717) is 16.7 Å². The Balaban J connectivity index is 0.000000168. The quantitative estimate of drug-likeness (QED) is 0.614. The molecule has 32 heavy (non-hydrogen) atoms. The third-order valence-electron chi connectivity index (χ3n) is 7.15. The summed E-state index contributed by atoms with van der Waals surface area (Å²) >= 11 is 0. The van der Waals surface area contributed by atoms with Crippen LogP contribution < -0.4 is 5.73 Å². The molecule has 2 aromatic carbocycles. The summed E-state index contributed by atoms with van der Waals surface area (Å²) in [5.74, 6) is -1.14. The molecule has 1 heterocycles. The Kier molecular flexibility index (Phi) is 4.96. The minimum Gasteiger partial charge on any atom is -0.366 e. The lowest BCUT2D eigenvalue weighted by Crippen LogP contribution is -2.13. The second-order valence-corrected chi connectivity index (χ2v) is 8.88. The average Bonchev–Trinajstić information content (AvgIpc) is 3.15. The third kappa shape index (κ3) is 3.34. The summed E-state index contributed by atoms with van der Waals surface area (Å²) in [4.78, 5) is 10.8. The van der Waals surface area contributed by atoms with Gasteiger partial charge in [0.05, 0.1) is 17.6 Å². The highest BCUT2D eigenvalue weighted by molar-refractivity contribution is 5.94. The SMILES string of the molecule is CCc1ccccc1C(N)=O.Fc1ccc(-n2ncc3c2C=C2CCC4CC24C3)cc1F. The number of aromatic nitrogens is 2. The van der Waals surface area contributed by atoms with Gasteiger partial charge in [0, 0.05) is 11.6 Å². The zero-order chi connectivity index (χ0) is 22.5. The zero-order valence-corrected chi connectivity index (χ0v) is 17.9. The summed E-state index contributed by atoms with van der Waals surface area (Å²) in [5.41, 5.74) is 11.6. The number of nitrogens with two attached hydrogens (primary N) is 1. The minimum atomic E-state index is -0.834. The molecule has 0 bridgehead atoms. The first-order valence-corrected chi connectivity index (χ1v) is 11.0. The van der Waals surface area contributed by atoms with Gasteiger partial charge < -0.3 is 5.73 Å². The minimum absolute atomic E-state index is 0.345. The standard InChI is InChI=1S/C17H14F2N2.C9H11NO/c18-14-4-3-13(6-15(14)19)21-16-5-11-1-2-12-8-17(11,12)7-10(16)9-20-21;1-2-7-5-3-4-6-8(7)9(10)11/h3-6,9,12H,1-2,7-8H2;3-6H,2H2,1H3,(H2,10,11). The summed E-state index contributed by atoms with van der Waals surface area (Å²) in [6, 6.07) is 11.3. The molecule has 1 spiro atoms. The first-order valence-electron chi connectivity index (χ1n) is 11.0. The van der Waals surface area contributed by atoms with Crippen molar-refractivity contribution < 1.29 is 13.6 Å². The van der Waals surface area contributed by atoms with Gasteiger partial charge in [-0.15, -0.1) is 0 Å². The van der Waals surface area contributed by atoms with Crippen LogP contribution in [0.4, 0.5) is 8.78 Å². The van der Waals surface area contributed by atoms with E-state index in [1.54, 1.807) is 16.8 Å². The molecule has 0 aliphatic heterocycles. The summed E-state index contributed by atoms with van der Waals surface area (Å²) in [6.07, 6.45) is 9.81. The molecule has 1 amide bonds. The number of primary amides is 1. The molecule has 2 atom stereocenters. The van der Waals surface area contributed by atoms with Gasteiger partial charge in [-0.3, -0.25) is 4.79 Å². The maximum absolute atomic E-state index is 13.5. The smallest absolute Gasteiger partial charge is 0.248 e. The fourth-order valence-corrected chi connectivity index (χ4v) is 5.36. The lowest BCUT2D eigenvalue weighted by molar-refractivity contribution is 0.0999. The van der Waals surface area contributed by atoms with E-state index in [2.05, 4.69) is 11.2 Å². The number of benzene rings is 2. The fourth-order valence-electron chi connectivity index (χ4n) is 5.36. The van der Waals surface area contributed by atoms with Crippen molar-refractivity contribution in [3.8, 4) is 5.69 Å². The maximum Gasteiger partial charge on any atom is 0.248 e. The van der Waals surface area contributed by atoms with Gasteiger partial charge in [0.2, 0.25) is 5.91 Å². The highest BCUT2D eigenvalue weighted by Crippen LogP contribution is 2.69. The number of hydrogen-bond acceptors (Lipinski definition) is 2. The predicted molar refractivity (Wildman–Crippen MR) is 119 cm³/mol. The Labute approximate surface area is 185 Å². The van der Waals surface area contributed by atoms with Gasteiger partial charge in [-0.25, -0.2) is 13.5 Å².